The van der Waals surface area contributed by atoms with Crippen LogP contribution in [-0.2, 0) is 11.3 Å². The number of carbonyl (C=O) groups excluding carboxylic acids is 2. The van der Waals surface area contributed by atoms with Crippen LogP contribution >= 0.6 is 11.3 Å². The van der Waals surface area contributed by atoms with Crippen molar-refractivity contribution in [3.63, 3.8) is 0 Å². The fourth-order valence-corrected chi connectivity index (χ4v) is 5.17. The average molecular weight is 445 g/mol. The zero-order chi connectivity index (χ0) is 22.4. The van der Waals surface area contributed by atoms with Gasteiger partial charge < -0.3 is 14.4 Å². The fraction of sp³-hybridized carbons (Fsp3) is 0.160. The van der Waals surface area contributed by atoms with Crippen LogP contribution in [0.3, 0.4) is 0 Å². The van der Waals surface area contributed by atoms with Crippen molar-refractivity contribution >= 4 is 33.8 Å². The van der Waals surface area contributed by atoms with E-state index in [4.69, 9.17) is 4.42 Å². The number of fused-ring (bicyclic) bond motifs is 1. The molecule has 1 unspecified atom stereocenters. The predicted octanol–water partition coefficient (Wildman–Crippen LogP) is 5.28. The van der Waals surface area contributed by atoms with Crippen LogP contribution in [0.25, 0.3) is 10.8 Å². The van der Waals surface area contributed by atoms with Gasteiger partial charge in [0, 0.05) is 0 Å². The van der Waals surface area contributed by atoms with E-state index < -0.39 is 17.7 Å². The second kappa shape index (κ2) is 7.76. The summed E-state index contributed by atoms with van der Waals surface area (Å²) in [7, 11) is 0. The van der Waals surface area contributed by atoms with Crippen LogP contribution in [0.1, 0.15) is 37.7 Å². The van der Waals surface area contributed by atoms with Crippen molar-refractivity contribution in [2.24, 2.45) is 0 Å². The van der Waals surface area contributed by atoms with E-state index in [9.17, 15) is 14.7 Å². The summed E-state index contributed by atoms with van der Waals surface area (Å²) in [5.41, 5.74) is 1.44. The van der Waals surface area contributed by atoms with Gasteiger partial charge in [-0.1, -0.05) is 42.5 Å². The van der Waals surface area contributed by atoms with Crippen molar-refractivity contribution in [2.75, 3.05) is 0 Å². The van der Waals surface area contributed by atoms with Gasteiger partial charge in [-0.15, -0.1) is 11.3 Å². The lowest BCUT2D eigenvalue weighted by molar-refractivity contribution is -0.130. The summed E-state index contributed by atoms with van der Waals surface area (Å²) in [5, 5.41) is 13.6. The van der Waals surface area contributed by atoms with Crippen LogP contribution in [0, 0.1) is 13.8 Å². The number of aliphatic hydroxyl groups excluding tert-OH is 1. The number of rotatable bonds is 5. The number of hydrogen-bond donors (Lipinski definition) is 1. The summed E-state index contributed by atoms with van der Waals surface area (Å²) in [5.74, 6) is -0.930. The fourth-order valence-electron chi connectivity index (χ4n) is 4.30. The number of hydrogen-bond acceptors (Lipinski definition) is 6. The highest BCUT2D eigenvalue weighted by Gasteiger charge is 2.45. The van der Waals surface area contributed by atoms with Crippen LogP contribution < -0.4 is 0 Å². The van der Waals surface area contributed by atoms with Gasteiger partial charge in [-0.2, -0.15) is 0 Å². The molecule has 1 atom stereocenters. The predicted molar refractivity (Wildman–Crippen MR) is 122 cm³/mol. The van der Waals surface area contributed by atoms with Crippen LogP contribution in [0.5, 0.6) is 0 Å². The van der Waals surface area contributed by atoms with Gasteiger partial charge in [0.2, 0.25) is 5.78 Å². The molecular formula is C25H20N2O4S. The minimum atomic E-state index is -0.756. The number of aliphatic hydroxyl groups is 1. The molecule has 0 radical (unpaired) electrons. The number of carbonyl (C=O) groups is 2. The molecule has 32 heavy (non-hydrogen) atoms. The molecule has 0 bridgehead atoms. The standard InChI is InChI=1S/C25H20N2O4S/c1-14-24(32-15(2)26-14)22(28)20-21(19-11-5-8-16-7-3-4-10-18(16)19)27(25(30)23(20)29)13-17-9-6-12-31-17/h3-12,21,29H,13H2,1-2H3. The lowest BCUT2D eigenvalue weighted by Gasteiger charge is -2.27. The Morgan fingerprint density at radius 3 is 2.62 bits per heavy atom. The smallest absolute Gasteiger partial charge is 0.290 e. The lowest BCUT2D eigenvalue weighted by atomic mass is 9.91. The zero-order valence-corrected chi connectivity index (χ0v) is 18.3. The summed E-state index contributed by atoms with van der Waals surface area (Å²) >= 11 is 1.27. The van der Waals surface area contributed by atoms with Gasteiger partial charge in [0.1, 0.15) is 5.76 Å². The molecule has 7 heteroatoms. The highest BCUT2D eigenvalue weighted by Crippen LogP contribution is 2.43. The van der Waals surface area contributed by atoms with Crippen LogP contribution in [-0.4, -0.2) is 26.7 Å². The monoisotopic (exact) mass is 444 g/mol. The first-order chi connectivity index (χ1) is 15.5. The molecule has 6 nitrogen and oxygen atoms in total. The summed E-state index contributed by atoms with van der Waals surface area (Å²) in [6.45, 7) is 3.72. The molecule has 160 valence electrons. The van der Waals surface area contributed by atoms with Gasteiger partial charge in [0.25, 0.3) is 5.91 Å². The number of aryl methyl sites for hydroxylation is 2. The number of thiazole rings is 1. The van der Waals surface area contributed by atoms with E-state index in [1.807, 2.05) is 49.4 Å². The number of ketones is 1. The van der Waals surface area contributed by atoms with Gasteiger partial charge in [-0.25, -0.2) is 4.98 Å². The van der Waals surface area contributed by atoms with E-state index in [2.05, 4.69) is 4.98 Å². The van der Waals surface area contributed by atoms with E-state index in [1.54, 1.807) is 19.1 Å². The SMILES string of the molecule is Cc1nc(C)c(C(=O)C2=C(O)C(=O)N(Cc3ccco3)C2c2cccc3ccccc23)s1. The van der Waals surface area contributed by atoms with E-state index >= 15 is 0 Å². The molecule has 2 aromatic heterocycles. The van der Waals surface area contributed by atoms with Gasteiger partial charge in [0.05, 0.1) is 40.0 Å². The Morgan fingerprint density at radius 1 is 1.12 bits per heavy atom. The molecule has 5 rings (SSSR count). The van der Waals surface area contributed by atoms with Crippen LogP contribution in [0.4, 0.5) is 0 Å². The van der Waals surface area contributed by atoms with E-state index in [0.717, 1.165) is 21.3 Å². The summed E-state index contributed by atoms with van der Waals surface area (Å²) in [6, 6.07) is 16.3. The Labute approximate surface area is 188 Å². The largest absolute Gasteiger partial charge is 0.503 e. The van der Waals surface area contributed by atoms with E-state index in [1.165, 1.54) is 22.5 Å². The van der Waals surface area contributed by atoms with Gasteiger partial charge in [0.15, 0.2) is 5.76 Å². The highest BCUT2D eigenvalue weighted by atomic mass is 32.1. The molecule has 1 aliphatic rings. The number of furan rings is 1. The zero-order valence-electron chi connectivity index (χ0n) is 17.5. The molecule has 0 fully saturated rings. The quantitative estimate of drug-likeness (QED) is 0.423. The van der Waals surface area contributed by atoms with Crippen molar-refractivity contribution in [1.82, 2.24) is 9.88 Å². The average Bonchev–Trinajstić information content (AvgIpc) is 3.48. The maximum Gasteiger partial charge on any atom is 0.290 e. The van der Waals surface area contributed by atoms with Crippen molar-refractivity contribution in [3.05, 3.63) is 99.1 Å². The molecule has 1 aliphatic heterocycles. The first-order valence-electron chi connectivity index (χ1n) is 10.2. The Kier molecular flexibility index (Phi) is 4.90. The lowest BCUT2D eigenvalue weighted by Crippen LogP contribution is -2.30. The second-order valence-corrected chi connectivity index (χ2v) is 8.93. The summed E-state index contributed by atoms with van der Waals surface area (Å²) in [4.78, 5) is 33.1. The molecule has 1 N–H and O–H groups in total. The number of aromatic nitrogens is 1. The molecule has 2 aromatic carbocycles. The molecule has 0 saturated carbocycles. The molecule has 0 aliphatic carbocycles. The van der Waals surface area contributed by atoms with Crippen molar-refractivity contribution in [3.8, 4) is 0 Å². The second-order valence-electron chi connectivity index (χ2n) is 7.72. The number of Topliss-reactive ketones (excluding diaryl/α,β-unsaturated/α-hetero) is 1. The van der Waals surface area contributed by atoms with Crippen LogP contribution in [0.15, 0.2) is 76.6 Å². The molecule has 1 amide bonds. The normalized spacial score (nSPS) is 16.4. The minimum absolute atomic E-state index is 0.0738. The molecular weight excluding hydrogens is 424 g/mol. The highest BCUT2D eigenvalue weighted by molar-refractivity contribution is 7.14. The van der Waals surface area contributed by atoms with Gasteiger partial charge in [-0.05, 0) is 42.3 Å². The molecule has 4 aromatic rings. The van der Waals surface area contributed by atoms with Gasteiger partial charge in [-0.3, -0.25) is 9.59 Å². The Morgan fingerprint density at radius 2 is 1.91 bits per heavy atom. The Bertz CT molecular complexity index is 1380. The third-order valence-corrected chi connectivity index (χ3v) is 6.75. The first kappa shape index (κ1) is 20.2. The molecule has 3 heterocycles. The van der Waals surface area contributed by atoms with Crippen LogP contribution in [0.2, 0.25) is 0 Å². The summed E-state index contributed by atoms with van der Waals surface area (Å²) in [6.07, 6.45) is 1.53. The first-order valence-corrected chi connectivity index (χ1v) is 11.0. The Hall–Kier alpha value is -3.71. The maximum absolute atomic E-state index is 13.7. The molecule has 0 spiro atoms. The van der Waals surface area contributed by atoms with Crippen molar-refractivity contribution in [2.45, 2.75) is 26.4 Å². The molecule has 0 saturated heterocycles. The number of amides is 1. The Balaban J connectivity index is 1.70. The summed E-state index contributed by atoms with van der Waals surface area (Å²) < 4.78 is 5.47. The van der Waals surface area contributed by atoms with E-state index in [-0.39, 0.29) is 17.9 Å². The van der Waals surface area contributed by atoms with Crippen molar-refractivity contribution in [1.29, 1.82) is 0 Å². The van der Waals surface area contributed by atoms with E-state index in [0.29, 0.717) is 16.3 Å². The van der Waals surface area contributed by atoms with Crippen molar-refractivity contribution < 1.29 is 19.1 Å². The third kappa shape index (κ3) is 3.22. The minimum Gasteiger partial charge on any atom is -0.503 e. The third-order valence-electron chi connectivity index (χ3n) is 5.68. The number of nitrogens with zero attached hydrogens (tertiary/aromatic N) is 2. The number of benzene rings is 2. The van der Waals surface area contributed by atoms with Gasteiger partial charge >= 0.3 is 0 Å². The maximum atomic E-state index is 13.7. The topological polar surface area (TPSA) is 83.6 Å².